The number of carbonyl (C=O) groups is 2. The van der Waals surface area contributed by atoms with Gasteiger partial charge in [0.25, 0.3) is 5.91 Å². The fourth-order valence-corrected chi connectivity index (χ4v) is 2.48. The Morgan fingerprint density at radius 1 is 0.926 bits per heavy atom. The summed E-state index contributed by atoms with van der Waals surface area (Å²) in [5, 5.41) is 5.96. The Bertz CT molecular complexity index is 968. The number of rotatable bonds is 6. The van der Waals surface area contributed by atoms with Gasteiger partial charge in [-0.3, -0.25) is 9.59 Å². The summed E-state index contributed by atoms with van der Waals surface area (Å²) in [7, 11) is 1.60. The second-order valence-corrected chi connectivity index (χ2v) is 5.87. The highest BCUT2D eigenvalue weighted by atomic mass is 16.5. The molecule has 0 atom stereocenters. The fourth-order valence-electron chi connectivity index (χ4n) is 2.48. The predicted octanol–water partition coefficient (Wildman–Crippen LogP) is 4.29. The van der Waals surface area contributed by atoms with E-state index < -0.39 is 0 Å². The van der Waals surface area contributed by atoms with Gasteiger partial charge in [-0.2, -0.15) is 0 Å². The normalized spacial score (nSPS) is 10.1. The molecule has 3 aromatic rings. The van der Waals surface area contributed by atoms with Crippen molar-refractivity contribution in [3.63, 3.8) is 0 Å². The number of amides is 1. The minimum Gasteiger partial charge on any atom is -0.497 e. The van der Waals surface area contributed by atoms with E-state index in [1.165, 1.54) is 6.92 Å². The number of Topliss-reactive ketones (excluding diaryl/α,β-unsaturated/α-hetero) is 1. The largest absolute Gasteiger partial charge is 0.497 e. The molecule has 0 aliphatic rings. The molecule has 27 heavy (non-hydrogen) atoms. The fraction of sp³-hybridized carbons (Fsp3) is 0.0952. The van der Waals surface area contributed by atoms with Gasteiger partial charge in [-0.1, -0.05) is 6.07 Å². The number of hydrogen-bond donors (Lipinski definition) is 2. The molecule has 0 saturated heterocycles. The SMILES string of the molecule is COc1cccc(Nc2cc(C(=O)Nc3ccc(C(C)=O)cc3)ccn2)c1. The molecule has 0 unspecified atom stereocenters. The Morgan fingerprint density at radius 2 is 1.70 bits per heavy atom. The quantitative estimate of drug-likeness (QED) is 0.640. The number of anilines is 3. The van der Waals surface area contributed by atoms with E-state index in [0.717, 1.165) is 11.4 Å². The molecular weight excluding hydrogens is 342 g/mol. The van der Waals surface area contributed by atoms with E-state index in [0.29, 0.717) is 22.6 Å². The highest BCUT2D eigenvalue weighted by Gasteiger charge is 2.09. The lowest BCUT2D eigenvalue weighted by Gasteiger charge is -2.09. The zero-order chi connectivity index (χ0) is 19.2. The molecule has 0 aliphatic carbocycles. The van der Waals surface area contributed by atoms with Crippen LogP contribution in [-0.4, -0.2) is 23.8 Å². The maximum atomic E-state index is 12.5. The monoisotopic (exact) mass is 361 g/mol. The van der Waals surface area contributed by atoms with Crippen LogP contribution in [0.5, 0.6) is 5.75 Å². The Kier molecular flexibility index (Phi) is 5.47. The number of nitrogens with zero attached hydrogens (tertiary/aromatic N) is 1. The van der Waals surface area contributed by atoms with E-state index in [9.17, 15) is 9.59 Å². The number of benzene rings is 2. The molecule has 1 aromatic heterocycles. The highest BCUT2D eigenvalue weighted by molar-refractivity contribution is 6.05. The molecular formula is C21H19N3O3. The molecule has 1 amide bonds. The second-order valence-electron chi connectivity index (χ2n) is 5.87. The van der Waals surface area contributed by atoms with E-state index in [1.807, 2.05) is 24.3 Å². The summed E-state index contributed by atoms with van der Waals surface area (Å²) in [6.45, 7) is 1.50. The molecule has 0 radical (unpaired) electrons. The van der Waals surface area contributed by atoms with Gasteiger partial charge in [-0.15, -0.1) is 0 Å². The molecule has 0 bridgehead atoms. The van der Waals surface area contributed by atoms with E-state index in [4.69, 9.17) is 4.74 Å². The van der Waals surface area contributed by atoms with Gasteiger partial charge >= 0.3 is 0 Å². The zero-order valence-corrected chi connectivity index (χ0v) is 15.0. The standard InChI is InChI=1S/C21H19N3O3/c1-14(25)15-6-8-17(9-7-15)24-21(26)16-10-11-22-20(12-16)23-18-4-3-5-19(13-18)27-2/h3-13H,1-2H3,(H,22,23)(H,24,26). The first-order valence-corrected chi connectivity index (χ1v) is 8.34. The molecule has 0 saturated carbocycles. The average molecular weight is 361 g/mol. The summed E-state index contributed by atoms with van der Waals surface area (Å²) in [5.41, 5.74) is 2.48. The Balaban J connectivity index is 1.72. The maximum absolute atomic E-state index is 12.5. The minimum absolute atomic E-state index is 0.0183. The lowest BCUT2D eigenvalue weighted by Crippen LogP contribution is -2.12. The lowest BCUT2D eigenvalue weighted by atomic mass is 10.1. The van der Waals surface area contributed by atoms with Crippen LogP contribution in [0.4, 0.5) is 17.2 Å². The second kappa shape index (κ2) is 8.14. The van der Waals surface area contributed by atoms with E-state index in [1.54, 1.807) is 49.7 Å². The summed E-state index contributed by atoms with van der Waals surface area (Å²) in [6, 6.07) is 17.5. The van der Waals surface area contributed by atoms with Gasteiger partial charge in [0.1, 0.15) is 11.6 Å². The summed E-state index contributed by atoms with van der Waals surface area (Å²) in [5.74, 6) is 0.989. The van der Waals surface area contributed by atoms with Gasteiger partial charge in [-0.05, 0) is 55.5 Å². The molecule has 1 heterocycles. The van der Waals surface area contributed by atoms with Crippen molar-refractivity contribution in [1.82, 2.24) is 4.98 Å². The van der Waals surface area contributed by atoms with Crippen LogP contribution >= 0.6 is 0 Å². The number of carbonyl (C=O) groups excluding carboxylic acids is 2. The molecule has 2 N–H and O–H groups in total. The van der Waals surface area contributed by atoms with Crippen molar-refractivity contribution >= 4 is 28.9 Å². The zero-order valence-electron chi connectivity index (χ0n) is 15.0. The Hall–Kier alpha value is -3.67. The third-order valence-corrected chi connectivity index (χ3v) is 3.91. The minimum atomic E-state index is -0.262. The van der Waals surface area contributed by atoms with Crippen LogP contribution in [0.3, 0.4) is 0 Å². The van der Waals surface area contributed by atoms with Gasteiger partial charge in [0, 0.05) is 34.8 Å². The van der Waals surface area contributed by atoms with Crippen LogP contribution in [-0.2, 0) is 0 Å². The van der Waals surface area contributed by atoms with Gasteiger partial charge < -0.3 is 15.4 Å². The van der Waals surface area contributed by atoms with Crippen molar-refractivity contribution < 1.29 is 14.3 Å². The number of hydrogen-bond acceptors (Lipinski definition) is 5. The average Bonchev–Trinajstić information content (AvgIpc) is 2.68. The van der Waals surface area contributed by atoms with Gasteiger partial charge in [0.2, 0.25) is 0 Å². The van der Waals surface area contributed by atoms with Crippen LogP contribution < -0.4 is 15.4 Å². The number of ether oxygens (including phenoxy) is 1. The van der Waals surface area contributed by atoms with Crippen LogP contribution in [0, 0.1) is 0 Å². The highest BCUT2D eigenvalue weighted by Crippen LogP contribution is 2.21. The van der Waals surface area contributed by atoms with Crippen LogP contribution in [0.25, 0.3) is 0 Å². The topological polar surface area (TPSA) is 80.3 Å². The van der Waals surface area contributed by atoms with Crippen LogP contribution in [0.1, 0.15) is 27.6 Å². The summed E-state index contributed by atoms with van der Waals surface area (Å²) in [6.07, 6.45) is 1.57. The molecule has 2 aromatic carbocycles. The van der Waals surface area contributed by atoms with Gasteiger partial charge in [-0.25, -0.2) is 4.98 Å². The first-order valence-electron chi connectivity index (χ1n) is 8.34. The van der Waals surface area contributed by atoms with Gasteiger partial charge in [0.15, 0.2) is 5.78 Å². The van der Waals surface area contributed by atoms with Crippen molar-refractivity contribution in [2.45, 2.75) is 6.92 Å². The van der Waals surface area contributed by atoms with Crippen molar-refractivity contribution in [3.8, 4) is 5.75 Å². The summed E-state index contributed by atoms with van der Waals surface area (Å²) < 4.78 is 5.20. The van der Waals surface area contributed by atoms with E-state index in [2.05, 4.69) is 15.6 Å². The predicted molar refractivity (Wildman–Crippen MR) is 105 cm³/mol. The summed E-state index contributed by atoms with van der Waals surface area (Å²) in [4.78, 5) is 28.0. The maximum Gasteiger partial charge on any atom is 0.255 e. The molecule has 6 heteroatoms. The number of methoxy groups -OCH3 is 1. The third-order valence-electron chi connectivity index (χ3n) is 3.91. The van der Waals surface area contributed by atoms with Crippen molar-refractivity contribution in [2.75, 3.05) is 17.7 Å². The van der Waals surface area contributed by atoms with E-state index in [-0.39, 0.29) is 11.7 Å². The molecule has 0 aliphatic heterocycles. The third kappa shape index (κ3) is 4.70. The van der Waals surface area contributed by atoms with Crippen LogP contribution in [0.2, 0.25) is 0 Å². The van der Waals surface area contributed by atoms with Gasteiger partial charge in [0.05, 0.1) is 7.11 Å². The molecule has 6 nitrogen and oxygen atoms in total. The number of nitrogens with one attached hydrogen (secondary N) is 2. The first kappa shape index (κ1) is 18.1. The van der Waals surface area contributed by atoms with E-state index >= 15 is 0 Å². The lowest BCUT2D eigenvalue weighted by molar-refractivity contribution is 0.101. The Labute approximate surface area is 157 Å². The number of ketones is 1. The molecule has 0 fully saturated rings. The van der Waals surface area contributed by atoms with Crippen molar-refractivity contribution in [3.05, 3.63) is 78.0 Å². The Morgan fingerprint density at radius 3 is 2.41 bits per heavy atom. The van der Waals surface area contributed by atoms with Crippen molar-refractivity contribution in [1.29, 1.82) is 0 Å². The smallest absolute Gasteiger partial charge is 0.255 e. The van der Waals surface area contributed by atoms with Crippen LogP contribution in [0.15, 0.2) is 66.9 Å². The van der Waals surface area contributed by atoms with Crippen molar-refractivity contribution in [2.24, 2.45) is 0 Å². The molecule has 0 spiro atoms. The molecule has 136 valence electrons. The first-order chi connectivity index (χ1) is 13.0. The summed E-state index contributed by atoms with van der Waals surface area (Å²) >= 11 is 0. The molecule has 3 rings (SSSR count). The number of aromatic nitrogens is 1. The number of pyridine rings is 1.